The van der Waals surface area contributed by atoms with Gasteiger partial charge in [-0.05, 0) is 34.5 Å². The van der Waals surface area contributed by atoms with E-state index in [1.165, 1.54) is 11.3 Å². The number of halogens is 1. The van der Waals surface area contributed by atoms with Gasteiger partial charge < -0.3 is 0 Å². The number of rotatable bonds is 3. The summed E-state index contributed by atoms with van der Waals surface area (Å²) in [4.78, 5) is 20.8. The van der Waals surface area contributed by atoms with Crippen molar-refractivity contribution in [3.63, 3.8) is 0 Å². The van der Waals surface area contributed by atoms with Crippen LogP contribution in [0.15, 0.2) is 28.4 Å². The van der Waals surface area contributed by atoms with Crippen molar-refractivity contribution in [1.29, 1.82) is 0 Å². The first-order valence-electron chi connectivity index (χ1n) is 4.69. The summed E-state index contributed by atoms with van der Waals surface area (Å²) in [5, 5.41) is 0. The molecule has 0 atom stereocenters. The van der Waals surface area contributed by atoms with Gasteiger partial charge in [0.1, 0.15) is 0 Å². The first-order chi connectivity index (χ1) is 7.66. The summed E-state index contributed by atoms with van der Waals surface area (Å²) in [6.07, 6.45) is 3.78. The Kier molecular flexibility index (Phi) is 3.46. The van der Waals surface area contributed by atoms with Gasteiger partial charge in [0.2, 0.25) is 0 Å². The molecule has 0 amide bonds. The van der Waals surface area contributed by atoms with Crippen LogP contribution in [0.1, 0.15) is 20.9 Å². The van der Waals surface area contributed by atoms with Crippen LogP contribution in [0.2, 0.25) is 0 Å². The Labute approximate surface area is 106 Å². The van der Waals surface area contributed by atoms with Gasteiger partial charge in [-0.2, -0.15) is 0 Å². The third kappa shape index (κ3) is 2.54. The van der Waals surface area contributed by atoms with Crippen molar-refractivity contribution < 1.29 is 4.79 Å². The molecule has 2 aromatic heterocycles. The number of Topliss-reactive ketones (excluding diaryl/α,β-unsaturated/α-hetero) is 1. The molecule has 0 aliphatic heterocycles. The van der Waals surface area contributed by atoms with Crippen LogP contribution in [0.3, 0.4) is 0 Å². The molecule has 0 aliphatic rings. The lowest BCUT2D eigenvalue weighted by molar-refractivity contribution is 0.0996. The lowest BCUT2D eigenvalue weighted by atomic mass is 10.1. The molecular weight excluding hydrogens is 288 g/mol. The number of carbonyl (C=O) groups excluding carboxylic acids is 1. The minimum absolute atomic E-state index is 0.0971. The van der Waals surface area contributed by atoms with Crippen molar-refractivity contribution >= 4 is 33.0 Å². The number of hydrogen-bond donors (Lipinski definition) is 0. The molecule has 5 heteroatoms. The fraction of sp³-hybridized carbons (Fsp3) is 0.182. The Morgan fingerprint density at radius 1 is 1.50 bits per heavy atom. The van der Waals surface area contributed by atoms with Gasteiger partial charge in [0.15, 0.2) is 5.78 Å². The van der Waals surface area contributed by atoms with E-state index in [0.717, 1.165) is 20.6 Å². The zero-order valence-corrected chi connectivity index (χ0v) is 11.0. The van der Waals surface area contributed by atoms with Gasteiger partial charge in [-0.1, -0.05) is 0 Å². The highest BCUT2D eigenvalue weighted by Gasteiger charge is 2.12. The van der Waals surface area contributed by atoms with E-state index in [4.69, 9.17) is 0 Å². The number of aryl methyl sites for hydroxylation is 1. The highest BCUT2D eigenvalue weighted by molar-refractivity contribution is 9.10. The standard InChI is InChI=1S/C11H9BrN2OS/c1-7-11(16-6-14-7)10(15)3-8-2-9(12)5-13-4-8/h2,4-6H,3H2,1H3. The number of aromatic nitrogens is 2. The average Bonchev–Trinajstić information content (AvgIpc) is 2.64. The third-order valence-electron chi connectivity index (χ3n) is 2.12. The minimum Gasteiger partial charge on any atom is -0.293 e. The minimum atomic E-state index is 0.0971. The zero-order chi connectivity index (χ0) is 11.5. The second-order valence-electron chi connectivity index (χ2n) is 3.38. The fourth-order valence-electron chi connectivity index (χ4n) is 1.39. The maximum atomic E-state index is 11.9. The first-order valence-corrected chi connectivity index (χ1v) is 6.37. The molecule has 2 heterocycles. The molecule has 0 unspecified atom stereocenters. The highest BCUT2D eigenvalue weighted by Crippen LogP contribution is 2.17. The Morgan fingerprint density at radius 3 is 2.94 bits per heavy atom. The normalized spacial score (nSPS) is 10.4. The summed E-state index contributed by atoms with van der Waals surface area (Å²) in [6.45, 7) is 1.85. The van der Waals surface area contributed by atoms with E-state index in [0.29, 0.717) is 6.42 Å². The van der Waals surface area contributed by atoms with E-state index in [9.17, 15) is 4.79 Å². The fourth-order valence-corrected chi connectivity index (χ4v) is 2.54. The number of hydrogen-bond acceptors (Lipinski definition) is 4. The number of thiazole rings is 1. The van der Waals surface area contributed by atoms with Gasteiger partial charge in [0.05, 0.1) is 16.1 Å². The van der Waals surface area contributed by atoms with Crippen molar-refractivity contribution in [3.8, 4) is 0 Å². The number of nitrogens with zero attached hydrogens (tertiary/aromatic N) is 2. The predicted molar refractivity (Wildman–Crippen MR) is 66.8 cm³/mol. The largest absolute Gasteiger partial charge is 0.293 e. The van der Waals surface area contributed by atoms with Crippen LogP contribution in [-0.2, 0) is 6.42 Å². The molecule has 82 valence electrons. The Bertz CT molecular complexity index is 524. The zero-order valence-electron chi connectivity index (χ0n) is 8.61. The van der Waals surface area contributed by atoms with Crippen LogP contribution in [0.5, 0.6) is 0 Å². The van der Waals surface area contributed by atoms with Gasteiger partial charge in [0.25, 0.3) is 0 Å². The summed E-state index contributed by atoms with van der Waals surface area (Å²) in [6, 6.07) is 1.90. The van der Waals surface area contributed by atoms with E-state index in [1.54, 1.807) is 17.9 Å². The van der Waals surface area contributed by atoms with E-state index >= 15 is 0 Å². The molecule has 0 bridgehead atoms. The maximum absolute atomic E-state index is 11.9. The van der Waals surface area contributed by atoms with E-state index in [1.807, 2.05) is 13.0 Å². The molecular formula is C11H9BrN2OS. The monoisotopic (exact) mass is 296 g/mol. The number of pyridine rings is 1. The van der Waals surface area contributed by atoms with Crippen LogP contribution in [0.25, 0.3) is 0 Å². The topological polar surface area (TPSA) is 42.9 Å². The molecule has 2 aromatic rings. The second kappa shape index (κ2) is 4.84. The van der Waals surface area contributed by atoms with Gasteiger partial charge >= 0.3 is 0 Å². The van der Waals surface area contributed by atoms with E-state index in [-0.39, 0.29) is 5.78 Å². The lowest BCUT2D eigenvalue weighted by Gasteiger charge is -2.00. The summed E-state index contributed by atoms with van der Waals surface area (Å²) in [7, 11) is 0. The van der Waals surface area contributed by atoms with Gasteiger partial charge in [0, 0.05) is 23.3 Å². The highest BCUT2D eigenvalue weighted by atomic mass is 79.9. The van der Waals surface area contributed by atoms with Crippen molar-refractivity contribution in [3.05, 3.63) is 44.6 Å². The van der Waals surface area contributed by atoms with Crippen molar-refractivity contribution in [2.45, 2.75) is 13.3 Å². The van der Waals surface area contributed by atoms with Crippen LogP contribution < -0.4 is 0 Å². The third-order valence-corrected chi connectivity index (χ3v) is 3.53. The molecule has 0 N–H and O–H groups in total. The Hall–Kier alpha value is -1.07. The molecule has 0 saturated heterocycles. The van der Waals surface area contributed by atoms with Crippen LogP contribution >= 0.6 is 27.3 Å². The SMILES string of the molecule is Cc1ncsc1C(=O)Cc1cncc(Br)c1. The molecule has 0 saturated carbocycles. The summed E-state index contributed by atoms with van der Waals surface area (Å²) < 4.78 is 0.888. The quantitative estimate of drug-likeness (QED) is 0.818. The predicted octanol–water partition coefficient (Wildman–Crippen LogP) is 3.03. The number of ketones is 1. The maximum Gasteiger partial charge on any atom is 0.179 e. The van der Waals surface area contributed by atoms with Crippen LogP contribution in [0.4, 0.5) is 0 Å². The summed E-state index contributed by atoms with van der Waals surface area (Å²) in [5.41, 5.74) is 3.41. The molecule has 0 radical (unpaired) electrons. The summed E-state index contributed by atoms with van der Waals surface area (Å²) in [5.74, 6) is 0.0971. The average molecular weight is 297 g/mol. The van der Waals surface area contributed by atoms with E-state index in [2.05, 4.69) is 25.9 Å². The van der Waals surface area contributed by atoms with Crippen LogP contribution in [-0.4, -0.2) is 15.8 Å². The first kappa shape index (κ1) is 11.4. The van der Waals surface area contributed by atoms with Crippen molar-refractivity contribution in [2.24, 2.45) is 0 Å². The molecule has 0 aliphatic carbocycles. The molecule has 0 fully saturated rings. The van der Waals surface area contributed by atoms with Crippen molar-refractivity contribution in [2.75, 3.05) is 0 Å². The molecule has 0 spiro atoms. The molecule has 16 heavy (non-hydrogen) atoms. The van der Waals surface area contributed by atoms with Crippen molar-refractivity contribution in [1.82, 2.24) is 9.97 Å². The number of carbonyl (C=O) groups is 1. The molecule has 0 aromatic carbocycles. The smallest absolute Gasteiger partial charge is 0.179 e. The molecule has 3 nitrogen and oxygen atoms in total. The molecule has 2 rings (SSSR count). The van der Waals surface area contributed by atoms with Gasteiger partial charge in [-0.3, -0.25) is 9.78 Å². The summed E-state index contributed by atoms with van der Waals surface area (Å²) >= 11 is 4.72. The lowest BCUT2D eigenvalue weighted by Crippen LogP contribution is -2.03. The second-order valence-corrected chi connectivity index (χ2v) is 5.15. The van der Waals surface area contributed by atoms with Gasteiger partial charge in [-0.25, -0.2) is 4.98 Å². The van der Waals surface area contributed by atoms with Crippen LogP contribution in [0, 0.1) is 6.92 Å². The van der Waals surface area contributed by atoms with E-state index < -0.39 is 0 Å². The van der Waals surface area contributed by atoms with Gasteiger partial charge in [-0.15, -0.1) is 11.3 Å². The Balaban J connectivity index is 2.17. The Morgan fingerprint density at radius 2 is 2.31 bits per heavy atom.